The molecule has 0 aliphatic heterocycles. The van der Waals surface area contributed by atoms with Gasteiger partial charge in [-0.1, -0.05) is 11.6 Å². The quantitative estimate of drug-likeness (QED) is 0.252. The van der Waals surface area contributed by atoms with Gasteiger partial charge < -0.3 is 21.5 Å². The SMILES string of the molecule is COc1ccc(-c2cc3c(NC4CCC(N)CC4)c(C(N)=Nc4cc(F)ccc4Cl)cnn3c2)cn1. The van der Waals surface area contributed by atoms with E-state index >= 15 is 0 Å². The van der Waals surface area contributed by atoms with Crippen molar-refractivity contribution < 1.29 is 9.13 Å². The van der Waals surface area contributed by atoms with E-state index in [-0.39, 0.29) is 23.6 Å². The van der Waals surface area contributed by atoms with E-state index in [1.807, 2.05) is 24.4 Å². The zero-order valence-electron chi connectivity index (χ0n) is 19.8. The molecular formula is C26H27ClFN7O. The standard InChI is InChI=1S/C26H27ClFN7O/c1-36-24-9-2-15(12-31-24)16-10-23-25(33-19-6-4-18(29)5-7-19)20(13-32-35(23)14-16)26(30)34-22-11-17(28)3-8-21(22)27/h2-3,8-14,18-19,33H,4-7,29H2,1H3,(H2,30,34). The van der Waals surface area contributed by atoms with Gasteiger partial charge in [0.15, 0.2) is 0 Å². The topological polar surface area (TPSA) is 116 Å². The third kappa shape index (κ3) is 4.98. The molecule has 8 nitrogen and oxygen atoms in total. The fraction of sp³-hybridized carbons (Fsp3) is 0.269. The van der Waals surface area contributed by atoms with E-state index < -0.39 is 5.82 Å². The molecule has 0 spiro atoms. The monoisotopic (exact) mass is 507 g/mol. The fourth-order valence-electron chi connectivity index (χ4n) is 4.46. The molecule has 5 rings (SSSR count). The summed E-state index contributed by atoms with van der Waals surface area (Å²) in [6, 6.07) is 10.2. The summed E-state index contributed by atoms with van der Waals surface area (Å²) in [6.45, 7) is 0. The highest BCUT2D eigenvalue weighted by atomic mass is 35.5. The van der Waals surface area contributed by atoms with Gasteiger partial charge in [0.2, 0.25) is 5.88 Å². The van der Waals surface area contributed by atoms with Crippen molar-refractivity contribution in [2.75, 3.05) is 12.4 Å². The summed E-state index contributed by atoms with van der Waals surface area (Å²) in [4.78, 5) is 8.75. The van der Waals surface area contributed by atoms with Gasteiger partial charge in [-0.05, 0) is 49.9 Å². The highest BCUT2D eigenvalue weighted by Gasteiger charge is 2.22. The smallest absolute Gasteiger partial charge is 0.212 e. The number of benzene rings is 1. The van der Waals surface area contributed by atoms with Crippen LogP contribution < -0.4 is 21.5 Å². The summed E-state index contributed by atoms with van der Waals surface area (Å²) in [7, 11) is 1.58. The number of amidine groups is 1. The molecule has 5 N–H and O–H groups in total. The largest absolute Gasteiger partial charge is 0.481 e. The predicted molar refractivity (Wildman–Crippen MR) is 141 cm³/mol. The van der Waals surface area contributed by atoms with Crippen molar-refractivity contribution >= 4 is 34.3 Å². The van der Waals surface area contributed by atoms with Crippen molar-refractivity contribution in [2.45, 2.75) is 37.8 Å². The number of halogens is 2. The first-order valence-corrected chi connectivity index (χ1v) is 12.1. The Labute approximate surface area is 213 Å². The first kappa shape index (κ1) is 24.0. The van der Waals surface area contributed by atoms with Crippen molar-refractivity contribution in [1.82, 2.24) is 14.6 Å². The van der Waals surface area contributed by atoms with Gasteiger partial charge in [-0.2, -0.15) is 5.10 Å². The van der Waals surface area contributed by atoms with E-state index in [1.165, 1.54) is 18.2 Å². The fourth-order valence-corrected chi connectivity index (χ4v) is 4.62. The van der Waals surface area contributed by atoms with E-state index in [2.05, 4.69) is 20.4 Å². The van der Waals surface area contributed by atoms with Crippen LogP contribution in [0, 0.1) is 5.82 Å². The molecule has 1 aliphatic carbocycles. The Bertz CT molecular complexity index is 1410. The minimum absolute atomic E-state index is 0.182. The molecule has 3 heterocycles. The number of hydrogen-bond donors (Lipinski definition) is 3. The van der Waals surface area contributed by atoms with Crippen molar-refractivity contribution in [2.24, 2.45) is 16.5 Å². The number of nitrogens with zero attached hydrogens (tertiary/aromatic N) is 4. The molecular weight excluding hydrogens is 481 g/mol. The van der Waals surface area contributed by atoms with Crippen LogP contribution in [0.1, 0.15) is 31.2 Å². The van der Waals surface area contributed by atoms with Gasteiger partial charge in [-0.15, -0.1) is 0 Å². The van der Waals surface area contributed by atoms with Crippen LogP contribution in [0.3, 0.4) is 0 Å². The Morgan fingerprint density at radius 2 is 1.94 bits per heavy atom. The molecule has 186 valence electrons. The van der Waals surface area contributed by atoms with Gasteiger partial charge in [0.1, 0.15) is 11.7 Å². The first-order valence-electron chi connectivity index (χ1n) is 11.7. The number of ether oxygens (including phenoxy) is 1. The van der Waals surface area contributed by atoms with E-state index in [9.17, 15) is 4.39 Å². The number of nitrogens with two attached hydrogens (primary N) is 2. The molecule has 1 aliphatic rings. The highest BCUT2D eigenvalue weighted by molar-refractivity contribution is 6.33. The third-order valence-corrected chi connectivity index (χ3v) is 6.78. The van der Waals surface area contributed by atoms with Crippen LogP contribution in [0.2, 0.25) is 5.02 Å². The summed E-state index contributed by atoms with van der Waals surface area (Å²) < 4.78 is 20.8. The molecule has 0 amide bonds. The average Bonchev–Trinajstić information content (AvgIpc) is 3.32. The second-order valence-corrected chi connectivity index (χ2v) is 9.34. The molecule has 4 aromatic rings. The summed E-state index contributed by atoms with van der Waals surface area (Å²) >= 11 is 6.23. The number of nitrogens with one attached hydrogen (secondary N) is 1. The van der Waals surface area contributed by atoms with Crippen LogP contribution >= 0.6 is 11.6 Å². The van der Waals surface area contributed by atoms with Crippen LogP contribution in [0.4, 0.5) is 15.8 Å². The van der Waals surface area contributed by atoms with Gasteiger partial charge in [0.25, 0.3) is 0 Å². The molecule has 1 aromatic carbocycles. The molecule has 3 aromatic heterocycles. The van der Waals surface area contributed by atoms with Gasteiger partial charge >= 0.3 is 0 Å². The maximum absolute atomic E-state index is 13.8. The molecule has 0 radical (unpaired) electrons. The Hall–Kier alpha value is -3.69. The van der Waals surface area contributed by atoms with Crippen molar-refractivity contribution in [1.29, 1.82) is 0 Å². The van der Waals surface area contributed by atoms with Gasteiger partial charge in [0, 0.05) is 47.7 Å². The lowest BCUT2D eigenvalue weighted by Gasteiger charge is -2.28. The Morgan fingerprint density at radius 3 is 2.67 bits per heavy atom. The van der Waals surface area contributed by atoms with E-state index in [0.717, 1.165) is 48.0 Å². The highest BCUT2D eigenvalue weighted by Crippen LogP contribution is 2.32. The summed E-state index contributed by atoms with van der Waals surface area (Å²) in [5, 5.41) is 8.55. The molecule has 0 atom stereocenters. The summed E-state index contributed by atoms with van der Waals surface area (Å²) in [5.41, 5.74) is 16.9. The predicted octanol–water partition coefficient (Wildman–Crippen LogP) is 4.92. The van der Waals surface area contributed by atoms with Crippen LogP contribution in [0.5, 0.6) is 5.88 Å². The molecule has 0 bridgehead atoms. The number of methoxy groups -OCH3 is 1. The van der Waals surface area contributed by atoms with Crippen molar-refractivity contribution in [3.8, 4) is 17.0 Å². The van der Waals surface area contributed by atoms with Crippen LogP contribution in [-0.4, -0.2) is 39.6 Å². The second-order valence-electron chi connectivity index (χ2n) is 8.93. The summed E-state index contributed by atoms with van der Waals surface area (Å²) in [5.74, 6) is 0.280. The van der Waals surface area contributed by atoms with Gasteiger partial charge in [0.05, 0.1) is 40.8 Å². The minimum Gasteiger partial charge on any atom is -0.481 e. The lowest BCUT2D eigenvalue weighted by atomic mass is 9.91. The second kappa shape index (κ2) is 10.1. The minimum atomic E-state index is -0.444. The normalized spacial score (nSPS) is 18.4. The Kier molecular flexibility index (Phi) is 6.75. The maximum Gasteiger partial charge on any atom is 0.212 e. The maximum atomic E-state index is 13.8. The van der Waals surface area contributed by atoms with Gasteiger partial charge in [-0.3, -0.25) is 0 Å². The zero-order chi connectivity index (χ0) is 25.2. The Balaban J connectivity index is 1.59. The molecule has 36 heavy (non-hydrogen) atoms. The third-order valence-electron chi connectivity index (χ3n) is 6.46. The van der Waals surface area contributed by atoms with Crippen molar-refractivity contribution in [3.05, 3.63) is 71.4 Å². The number of pyridine rings is 1. The van der Waals surface area contributed by atoms with Gasteiger partial charge in [-0.25, -0.2) is 18.9 Å². The summed E-state index contributed by atoms with van der Waals surface area (Å²) in [6.07, 6.45) is 9.12. The number of fused-ring (bicyclic) bond motifs is 1. The molecule has 1 fully saturated rings. The van der Waals surface area contributed by atoms with Crippen LogP contribution in [0.25, 0.3) is 16.6 Å². The van der Waals surface area contributed by atoms with E-state index in [1.54, 1.807) is 24.0 Å². The lowest BCUT2D eigenvalue weighted by Crippen LogP contribution is -2.33. The Morgan fingerprint density at radius 1 is 1.14 bits per heavy atom. The van der Waals surface area contributed by atoms with E-state index in [0.29, 0.717) is 16.5 Å². The number of aliphatic imine (C=N–C) groups is 1. The molecule has 0 saturated heterocycles. The van der Waals surface area contributed by atoms with Crippen LogP contribution in [0.15, 0.2) is 60.0 Å². The average molecular weight is 508 g/mol. The first-order chi connectivity index (χ1) is 17.4. The molecule has 1 saturated carbocycles. The van der Waals surface area contributed by atoms with E-state index in [4.69, 9.17) is 27.8 Å². The number of aromatic nitrogens is 3. The lowest BCUT2D eigenvalue weighted by molar-refractivity contribution is 0.398. The van der Waals surface area contributed by atoms with Crippen LogP contribution in [-0.2, 0) is 0 Å². The molecule has 0 unspecified atom stereocenters. The number of rotatable bonds is 6. The zero-order valence-corrected chi connectivity index (χ0v) is 20.5. The number of anilines is 1. The number of hydrogen-bond acceptors (Lipinski definition) is 6. The van der Waals surface area contributed by atoms with Crippen molar-refractivity contribution in [3.63, 3.8) is 0 Å². The molecule has 10 heteroatoms.